The van der Waals surface area contributed by atoms with Crippen LogP contribution in [0.3, 0.4) is 0 Å². The summed E-state index contributed by atoms with van der Waals surface area (Å²) in [4.78, 5) is 52.7. The molecule has 0 N–H and O–H groups in total. The summed E-state index contributed by atoms with van der Waals surface area (Å²) in [6.07, 6.45) is 0.346. The molecule has 0 bridgehead atoms. The molecule has 0 saturated carbocycles. The van der Waals surface area contributed by atoms with Crippen molar-refractivity contribution in [2.45, 2.75) is 32.5 Å². The van der Waals surface area contributed by atoms with Crippen molar-refractivity contribution in [1.82, 2.24) is 9.13 Å². The number of carbonyl (C=O) groups excluding carboxylic acids is 2. The zero-order chi connectivity index (χ0) is 21.4. The number of esters is 1. The van der Waals surface area contributed by atoms with E-state index in [-0.39, 0.29) is 18.6 Å². The van der Waals surface area contributed by atoms with Gasteiger partial charge in [0.05, 0.1) is 18.0 Å². The van der Waals surface area contributed by atoms with E-state index >= 15 is 0 Å². The summed E-state index contributed by atoms with van der Waals surface area (Å²) in [5.74, 6) is -0.945. The van der Waals surface area contributed by atoms with Gasteiger partial charge in [-0.15, -0.1) is 0 Å². The number of para-hydroxylation sites is 2. The smallest absolute Gasteiger partial charge is 0.331 e. The molecule has 2 heterocycles. The molecule has 8 heteroatoms. The summed E-state index contributed by atoms with van der Waals surface area (Å²) in [6.45, 7) is 1.59. The van der Waals surface area contributed by atoms with Gasteiger partial charge in [-0.05, 0) is 30.7 Å². The summed E-state index contributed by atoms with van der Waals surface area (Å²) < 4.78 is 7.29. The van der Waals surface area contributed by atoms with Crippen molar-refractivity contribution in [1.29, 1.82) is 0 Å². The summed E-state index contributed by atoms with van der Waals surface area (Å²) in [5.41, 5.74) is 0.918. The Kier molecular flexibility index (Phi) is 4.99. The minimum absolute atomic E-state index is 0.189. The fraction of sp³-hybridized carbons (Fsp3) is 0.273. The lowest BCUT2D eigenvalue weighted by atomic mass is 10.1. The minimum Gasteiger partial charge on any atom is -0.467 e. The molecule has 0 spiro atoms. The van der Waals surface area contributed by atoms with Crippen molar-refractivity contribution in [3.8, 4) is 0 Å². The van der Waals surface area contributed by atoms with Gasteiger partial charge < -0.3 is 4.74 Å². The highest BCUT2D eigenvalue weighted by Gasteiger charge is 2.39. The first-order valence-electron chi connectivity index (χ1n) is 9.68. The molecule has 3 aromatic rings. The third-order valence-electron chi connectivity index (χ3n) is 5.46. The second kappa shape index (κ2) is 7.62. The van der Waals surface area contributed by atoms with Gasteiger partial charge in [0, 0.05) is 18.7 Å². The highest BCUT2D eigenvalue weighted by atomic mass is 16.5. The number of hydrogen-bond acceptors (Lipinski definition) is 5. The van der Waals surface area contributed by atoms with E-state index in [0.29, 0.717) is 23.0 Å². The number of fused-ring (bicyclic) bond motifs is 2. The summed E-state index contributed by atoms with van der Waals surface area (Å²) in [7, 11) is 1.28. The van der Waals surface area contributed by atoms with Crippen molar-refractivity contribution in [2.75, 3.05) is 12.0 Å². The zero-order valence-corrected chi connectivity index (χ0v) is 16.7. The molecule has 154 valence electrons. The number of amides is 1. The average Bonchev–Trinajstić information content (AvgIpc) is 3.16. The number of benzene rings is 2. The van der Waals surface area contributed by atoms with E-state index in [1.807, 2.05) is 12.1 Å². The minimum atomic E-state index is -0.793. The molecule has 0 saturated heterocycles. The largest absolute Gasteiger partial charge is 0.467 e. The van der Waals surface area contributed by atoms with Crippen LogP contribution < -0.4 is 16.1 Å². The number of hydrogen-bond donors (Lipinski definition) is 0. The number of methoxy groups -OCH3 is 1. The highest BCUT2D eigenvalue weighted by Crippen LogP contribution is 2.32. The van der Waals surface area contributed by atoms with Crippen molar-refractivity contribution in [3.05, 3.63) is 74.9 Å². The molecule has 0 radical (unpaired) electrons. The van der Waals surface area contributed by atoms with Crippen LogP contribution in [0.4, 0.5) is 5.69 Å². The molecular weight excluding hydrogens is 386 g/mol. The van der Waals surface area contributed by atoms with Crippen LogP contribution in [0, 0.1) is 0 Å². The standard InChI is InChI=1S/C22H21N3O5/c1-3-23-20(27)15-9-5-7-11-17(15)24(22(23)29)13-19(26)25-16-10-6-4-8-14(16)12-18(25)21(28)30-2/h4-11,18H,3,12-13H2,1-2H3. The normalized spacial score (nSPS) is 15.3. The van der Waals surface area contributed by atoms with Gasteiger partial charge in [0.15, 0.2) is 0 Å². The third-order valence-corrected chi connectivity index (χ3v) is 5.46. The number of rotatable bonds is 4. The molecule has 2 aromatic carbocycles. The molecule has 1 atom stereocenters. The molecule has 1 unspecified atom stereocenters. The predicted octanol–water partition coefficient (Wildman–Crippen LogP) is 1.31. The average molecular weight is 407 g/mol. The Labute approximate surface area is 171 Å². The Morgan fingerprint density at radius 1 is 1.03 bits per heavy atom. The number of aromatic nitrogens is 2. The molecule has 1 aliphatic heterocycles. The Morgan fingerprint density at radius 3 is 2.47 bits per heavy atom. The maximum Gasteiger partial charge on any atom is 0.331 e. The number of carbonyl (C=O) groups is 2. The highest BCUT2D eigenvalue weighted by molar-refractivity contribution is 6.02. The maximum absolute atomic E-state index is 13.4. The van der Waals surface area contributed by atoms with Crippen LogP contribution >= 0.6 is 0 Å². The Balaban J connectivity index is 1.82. The quantitative estimate of drug-likeness (QED) is 0.609. The zero-order valence-electron chi connectivity index (χ0n) is 16.7. The van der Waals surface area contributed by atoms with Crippen LogP contribution in [0.5, 0.6) is 0 Å². The fourth-order valence-electron chi connectivity index (χ4n) is 4.03. The summed E-state index contributed by atoms with van der Waals surface area (Å²) in [6, 6.07) is 13.2. The molecule has 1 aliphatic rings. The first kappa shape index (κ1) is 19.6. The van der Waals surface area contributed by atoms with Crippen LogP contribution in [-0.4, -0.2) is 34.2 Å². The third kappa shape index (κ3) is 3.01. The van der Waals surface area contributed by atoms with Crippen molar-refractivity contribution in [3.63, 3.8) is 0 Å². The van der Waals surface area contributed by atoms with Gasteiger partial charge in [-0.3, -0.25) is 23.6 Å². The van der Waals surface area contributed by atoms with Crippen LogP contribution in [0.15, 0.2) is 58.1 Å². The Hall–Kier alpha value is -3.68. The van der Waals surface area contributed by atoms with E-state index in [9.17, 15) is 19.2 Å². The molecular formula is C22H21N3O5. The van der Waals surface area contributed by atoms with Crippen LogP contribution in [0.2, 0.25) is 0 Å². The first-order valence-corrected chi connectivity index (χ1v) is 9.68. The van der Waals surface area contributed by atoms with E-state index in [1.165, 1.54) is 16.6 Å². The van der Waals surface area contributed by atoms with Gasteiger partial charge in [-0.2, -0.15) is 0 Å². The van der Waals surface area contributed by atoms with Crippen LogP contribution in [0.1, 0.15) is 12.5 Å². The van der Waals surface area contributed by atoms with Crippen LogP contribution in [0.25, 0.3) is 10.9 Å². The van der Waals surface area contributed by atoms with Gasteiger partial charge in [-0.25, -0.2) is 9.59 Å². The summed E-state index contributed by atoms with van der Waals surface area (Å²) >= 11 is 0. The number of ether oxygens (including phenoxy) is 1. The maximum atomic E-state index is 13.4. The van der Waals surface area contributed by atoms with E-state index in [0.717, 1.165) is 10.1 Å². The molecule has 1 amide bonds. The monoisotopic (exact) mass is 407 g/mol. The Morgan fingerprint density at radius 2 is 1.73 bits per heavy atom. The fourth-order valence-corrected chi connectivity index (χ4v) is 4.03. The van der Waals surface area contributed by atoms with Crippen molar-refractivity contribution < 1.29 is 14.3 Å². The molecule has 0 aliphatic carbocycles. The van der Waals surface area contributed by atoms with Gasteiger partial charge >= 0.3 is 11.7 Å². The lowest BCUT2D eigenvalue weighted by Gasteiger charge is -2.24. The second-order valence-corrected chi connectivity index (χ2v) is 7.07. The molecule has 0 fully saturated rings. The summed E-state index contributed by atoms with van der Waals surface area (Å²) in [5, 5.41) is 0.359. The Bertz CT molecular complexity index is 1270. The SMILES string of the molecule is CCn1c(=O)c2ccccc2n(CC(=O)N2c3ccccc3CC2C(=O)OC)c1=O. The van der Waals surface area contributed by atoms with E-state index < -0.39 is 23.6 Å². The van der Waals surface area contributed by atoms with Crippen molar-refractivity contribution in [2.24, 2.45) is 0 Å². The number of nitrogens with zero attached hydrogens (tertiary/aromatic N) is 3. The lowest BCUT2D eigenvalue weighted by Crippen LogP contribution is -2.47. The van der Waals surface area contributed by atoms with Gasteiger partial charge in [-0.1, -0.05) is 30.3 Å². The van der Waals surface area contributed by atoms with E-state index in [2.05, 4.69) is 0 Å². The van der Waals surface area contributed by atoms with Gasteiger partial charge in [0.25, 0.3) is 5.56 Å². The molecule has 30 heavy (non-hydrogen) atoms. The number of anilines is 1. The first-order chi connectivity index (χ1) is 14.5. The predicted molar refractivity (Wildman–Crippen MR) is 112 cm³/mol. The topological polar surface area (TPSA) is 90.6 Å². The van der Waals surface area contributed by atoms with Gasteiger partial charge in [0.2, 0.25) is 5.91 Å². The van der Waals surface area contributed by atoms with Crippen molar-refractivity contribution >= 4 is 28.5 Å². The van der Waals surface area contributed by atoms with Gasteiger partial charge in [0.1, 0.15) is 12.6 Å². The molecule has 1 aromatic heterocycles. The van der Waals surface area contributed by atoms with Crippen LogP contribution in [-0.2, 0) is 33.8 Å². The second-order valence-electron chi connectivity index (χ2n) is 7.07. The van der Waals surface area contributed by atoms with E-state index in [4.69, 9.17) is 4.74 Å². The lowest BCUT2D eigenvalue weighted by molar-refractivity contribution is -0.143. The molecule has 4 rings (SSSR count). The van der Waals surface area contributed by atoms with E-state index in [1.54, 1.807) is 43.3 Å². The molecule has 8 nitrogen and oxygen atoms in total.